The maximum absolute atomic E-state index is 11.2. The number of ketones is 1. The van der Waals surface area contributed by atoms with Gasteiger partial charge in [0.15, 0.2) is 5.78 Å². The Morgan fingerprint density at radius 3 is 2.53 bits per heavy atom. The number of hydrogen-bond donors (Lipinski definition) is 0. The molecule has 0 heterocycles. The van der Waals surface area contributed by atoms with E-state index in [1.807, 2.05) is 0 Å². The Kier molecular flexibility index (Phi) is 5.07. The summed E-state index contributed by atoms with van der Waals surface area (Å²) in [5.74, 6) is -0.0608. The van der Waals surface area contributed by atoms with Crippen LogP contribution in [0.15, 0.2) is 23.1 Å². The molecule has 0 aromatic heterocycles. The molecule has 0 N–H and O–H groups in total. The Bertz CT molecular complexity index is 610. The molecule has 104 valence electrons. The van der Waals surface area contributed by atoms with Crippen molar-refractivity contribution in [2.24, 2.45) is 0 Å². The van der Waals surface area contributed by atoms with Crippen LogP contribution >= 0.6 is 11.8 Å². The van der Waals surface area contributed by atoms with Gasteiger partial charge in [-0.1, -0.05) is 0 Å². The van der Waals surface area contributed by atoms with Crippen molar-refractivity contribution in [3.8, 4) is 0 Å². The third kappa shape index (κ3) is 4.99. The summed E-state index contributed by atoms with van der Waals surface area (Å²) < 4.78 is 21.9. The summed E-state index contributed by atoms with van der Waals surface area (Å²) in [4.78, 5) is 22.1. The van der Waals surface area contributed by atoms with Gasteiger partial charge in [-0.25, -0.2) is 8.42 Å². The van der Waals surface area contributed by atoms with Crippen LogP contribution in [0.4, 0.5) is 5.69 Å². The second-order valence-electron chi connectivity index (χ2n) is 3.97. The zero-order valence-electron chi connectivity index (χ0n) is 10.5. The first-order valence-corrected chi connectivity index (χ1v) is 8.35. The largest absolute Gasteiger partial charge is 0.294 e. The zero-order valence-corrected chi connectivity index (χ0v) is 12.1. The number of benzene rings is 1. The van der Waals surface area contributed by atoms with Gasteiger partial charge in [-0.3, -0.25) is 14.9 Å². The third-order valence-corrected chi connectivity index (χ3v) is 4.47. The lowest BCUT2D eigenvalue weighted by atomic mass is 10.1. The summed E-state index contributed by atoms with van der Waals surface area (Å²) >= 11 is 1.20. The average Bonchev–Trinajstić information content (AvgIpc) is 2.26. The smallest absolute Gasteiger partial charge is 0.281 e. The van der Waals surface area contributed by atoms with Crippen LogP contribution in [0.5, 0.6) is 0 Å². The van der Waals surface area contributed by atoms with Gasteiger partial charge in [0.25, 0.3) is 5.69 Å². The SMILES string of the molecule is CC(=O)c1ccc(SCCS(C)(=O)=O)cc1[N+](=O)[O-]. The molecule has 0 atom stereocenters. The highest BCUT2D eigenvalue weighted by Crippen LogP contribution is 2.27. The number of sulfone groups is 1. The van der Waals surface area contributed by atoms with Gasteiger partial charge in [-0.15, -0.1) is 11.8 Å². The Morgan fingerprint density at radius 1 is 1.42 bits per heavy atom. The van der Waals surface area contributed by atoms with Gasteiger partial charge in [0.1, 0.15) is 9.84 Å². The third-order valence-electron chi connectivity index (χ3n) is 2.27. The fourth-order valence-corrected chi connectivity index (χ4v) is 3.50. The number of nitro benzene ring substituents is 1. The molecule has 0 amide bonds. The van der Waals surface area contributed by atoms with Gasteiger partial charge >= 0.3 is 0 Å². The van der Waals surface area contributed by atoms with Gasteiger partial charge in [0.05, 0.1) is 16.2 Å². The van der Waals surface area contributed by atoms with Gasteiger partial charge in [-0.2, -0.15) is 0 Å². The summed E-state index contributed by atoms with van der Waals surface area (Å²) in [7, 11) is -3.05. The zero-order chi connectivity index (χ0) is 14.6. The molecule has 0 bridgehead atoms. The number of carbonyl (C=O) groups is 1. The normalized spacial score (nSPS) is 11.3. The van der Waals surface area contributed by atoms with Gasteiger partial charge < -0.3 is 0 Å². The van der Waals surface area contributed by atoms with Gasteiger partial charge in [0.2, 0.25) is 0 Å². The lowest BCUT2D eigenvalue weighted by Gasteiger charge is -2.03. The van der Waals surface area contributed by atoms with E-state index < -0.39 is 14.8 Å². The minimum absolute atomic E-state index is 0.0000753. The predicted octanol–water partition coefficient (Wildman–Crippen LogP) is 1.93. The monoisotopic (exact) mass is 303 g/mol. The van der Waals surface area contributed by atoms with Crippen LogP contribution in [-0.2, 0) is 9.84 Å². The van der Waals surface area contributed by atoms with Crippen molar-refractivity contribution in [3.63, 3.8) is 0 Å². The lowest BCUT2D eigenvalue weighted by molar-refractivity contribution is -0.385. The molecule has 8 heteroatoms. The predicted molar refractivity (Wildman–Crippen MR) is 73.5 cm³/mol. The maximum atomic E-state index is 11.2. The molecule has 0 aliphatic carbocycles. The Labute approximate surface area is 115 Å². The highest BCUT2D eigenvalue weighted by Gasteiger charge is 2.18. The highest BCUT2D eigenvalue weighted by molar-refractivity contribution is 8.00. The lowest BCUT2D eigenvalue weighted by Crippen LogP contribution is -2.05. The molecule has 0 radical (unpaired) electrons. The molecular formula is C11H13NO5S2. The van der Waals surface area contributed by atoms with E-state index in [2.05, 4.69) is 0 Å². The molecule has 6 nitrogen and oxygen atoms in total. The fourth-order valence-electron chi connectivity index (χ4n) is 1.36. The standard InChI is InChI=1S/C11H13NO5S2/c1-8(13)10-4-3-9(7-11(10)12(14)15)18-5-6-19(2,16)17/h3-4,7H,5-6H2,1-2H3. The minimum atomic E-state index is -3.05. The van der Waals surface area contributed by atoms with Crippen LogP contribution in [0, 0.1) is 10.1 Å². The molecule has 0 saturated heterocycles. The first-order valence-electron chi connectivity index (χ1n) is 5.30. The van der Waals surface area contributed by atoms with E-state index in [-0.39, 0.29) is 22.8 Å². The van der Waals surface area contributed by atoms with Crippen LogP contribution < -0.4 is 0 Å². The molecule has 1 aromatic rings. The maximum Gasteiger partial charge on any atom is 0.281 e. The van der Waals surface area contributed by atoms with E-state index in [0.29, 0.717) is 10.6 Å². The van der Waals surface area contributed by atoms with E-state index in [4.69, 9.17) is 0 Å². The summed E-state index contributed by atoms with van der Waals surface area (Å²) in [5, 5.41) is 10.9. The van der Waals surface area contributed by atoms with Crippen molar-refractivity contribution < 1.29 is 18.1 Å². The first kappa shape index (κ1) is 15.6. The van der Waals surface area contributed by atoms with Crippen molar-refractivity contribution in [1.82, 2.24) is 0 Å². The molecule has 1 rings (SSSR count). The Hall–Kier alpha value is -1.41. The summed E-state index contributed by atoms with van der Waals surface area (Å²) in [6.07, 6.45) is 1.13. The van der Waals surface area contributed by atoms with E-state index in [9.17, 15) is 23.3 Å². The van der Waals surface area contributed by atoms with E-state index in [1.54, 1.807) is 6.07 Å². The van der Waals surface area contributed by atoms with Crippen molar-refractivity contribution >= 4 is 33.1 Å². The molecule has 0 spiro atoms. The van der Waals surface area contributed by atoms with Crippen molar-refractivity contribution in [2.45, 2.75) is 11.8 Å². The van der Waals surface area contributed by atoms with Crippen LogP contribution in [-0.4, -0.2) is 36.9 Å². The quantitative estimate of drug-likeness (QED) is 0.345. The molecule has 0 aliphatic rings. The van der Waals surface area contributed by atoms with E-state index >= 15 is 0 Å². The van der Waals surface area contributed by atoms with Crippen molar-refractivity contribution in [1.29, 1.82) is 0 Å². The molecule has 0 aliphatic heterocycles. The van der Waals surface area contributed by atoms with Gasteiger partial charge in [-0.05, 0) is 19.1 Å². The number of thioether (sulfide) groups is 1. The molecule has 0 unspecified atom stereocenters. The number of carbonyl (C=O) groups excluding carboxylic acids is 1. The van der Waals surface area contributed by atoms with Crippen molar-refractivity contribution in [3.05, 3.63) is 33.9 Å². The Morgan fingerprint density at radius 2 is 2.05 bits per heavy atom. The first-order chi connectivity index (χ1) is 8.70. The number of hydrogen-bond acceptors (Lipinski definition) is 6. The number of nitrogens with zero attached hydrogens (tertiary/aromatic N) is 1. The average molecular weight is 303 g/mol. The fraction of sp³-hybridized carbons (Fsp3) is 0.364. The number of rotatable bonds is 6. The van der Waals surface area contributed by atoms with Gasteiger partial charge in [0, 0.05) is 23.0 Å². The molecule has 0 saturated carbocycles. The number of Topliss-reactive ketones (excluding diaryl/α,β-unsaturated/α-hetero) is 1. The van der Waals surface area contributed by atoms with E-state index in [0.717, 1.165) is 6.26 Å². The summed E-state index contributed by atoms with van der Waals surface area (Å²) in [5.41, 5.74) is -0.200. The van der Waals surface area contributed by atoms with Crippen LogP contribution in [0.3, 0.4) is 0 Å². The summed E-state index contributed by atoms with van der Waals surface area (Å²) in [6, 6.07) is 4.27. The summed E-state index contributed by atoms with van der Waals surface area (Å²) in [6.45, 7) is 1.26. The second kappa shape index (κ2) is 6.16. The Balaban J connectivity index is 2.90. The second-order valence-corrected chi connectivity index (χ2v) is 7.40. The van der Waals surface area contributed by atoms with Crippen molar-refractivity contribution in [2.75, 3.05) is 17.8 Å². The molecule has 0 fully saturated rings. The minimum Gasteiger partial charge on any atom is -0.294 e. The molecule has 19 heavy (non-hydrogen) atoms. The van der Waals surface area contributed by atoms with Crippen LogP contribution in [0.25, 0.3) is 0 Å². The van der Waals surface area contributed by atoms with Crippen LogP contribution in [0.1, 0.15) is 17.3 Å². The highest BCUT2D eigenvalue weighted by atomic mass is 32.2. The number of nitro groups is 1. The van der Waals surface area contributed by atoms with E-state index in [1.165, 1.54) is 30.8 Å². The molecular weight excluding hydrogens is 290 g/mol. The topological polar surface area (TPSA) is 94.3 Å². The molecule has 1 aromatic carbocycles. The van der Waals surface area contributed by atoms with Crippen LogP contribution in [0.2, 0.25) is 0 Å².